The Hall–Kier alpha value is -1.63. The molecule has 18 heavy (non-hydrogen) atoms. The van der Waals surface area contributed by atoms with Crippen LogP contribution < -0.4 is 10.3 Å². The van der Waals surface area contributed by atoms with Crippen LogP contribution in [0.1, 0.15) is 30.6 Å². The van der Waals surface area contributed by atoms with Crippen molar-refractivity contribution in [1.82, 2.24) is 5.54 Å². The molecule has 1 aromatic carbocycles. The third-order valence-corrected chi connectivity index (χ3v) is 4.49. The molecular formula is C11H15FN2O3S. The molecule has 100 valence electrons. The summed E-state index contributed by atoms with van der Waals surface area (Å²) < 4.78 is 37.9. The third-order valence-electron chi connectivity index (χ3n) is 2.58. The zero-order chi connectivity index (χ0) is 13.8. The maximum absolute atomic E-state index is 12.0. The average Bonchev–Trinajstić information content (AvgIpc) is 2.36. The molecule has 0 spiro atoms. The molecule has 0 aliphatic rings. The van der Waals surface area contributed by atoms with Crippen LogP contribution in [0, 0.1) is 0 Å². The highest BCUT2D eigenvalue weighted by molar-refractivity contribution is 7.93. The fourth-order valence-electron chi connectivity index (χ4n) is 1.26. The lowest BCUT2D eigenvalue weighted by molar-refractivity contribution is 0.0859. The molecule has 0 bridgehead atoms. The zero-order valence-electron chi connectivity index (χ0n) is 10.1. The van der Waals surface area contributed by atoms with Gasteiger partial charge in [-0.1, -0.05) is 17.5 Å². The van der Waals surface area contributed by atoms with Crippen molar-refractivity contribution in [3.63, 3.8) is 0 Å². The minimum absolute atomic E-state index is 0.0434. The predicted octanol–water partition coefficient (Wildman–Crippen LogP) is 1.84. The van der Waals surface area contributed by atoms with Gasteiger partial charge in [-0.15, -0.1) is 0 Å². The van der Waals surface area contributed by atoms with Gasteiger partial charge >= 0.3 is 0 Å². The van der Waals surface area contributed by atoms with Gasteiger partial charge in [0, 0.05) is 11.3 Å². The van der Waals surface area contributed by atoms with E-state index in [1.807, 2.05) is 0 Å². The number of halogens is 1. The fraction of sp³-hybridized carbons (Fsp3) is 0.364. The van der Waals surface area contributed by atoms with Crippen LogP contribution in [-0.2, 0) is 10.0 Å². The number of sulfonamides is 1. The Bertz CT molecular complexity index is 531. The smallest absolute Gasteiger partial charge is 0.279 e. The minimum Gasteiger partial charge on any atom is -0.283 e. The molecule has 1 atom stereocenters. The molecular weight excluding hydrogens is 259 g/mol. The van der Waals surface area contributed by atoms with E-state index in [1.54, 1.807) is 13.8 Å². The maximum Gasteiger partial charge on any atom is 0.279 e. The van der Waals surface area contributed by atoms with Crippen LogP contribution in [0.5, 0.6) is 0 Å². The van der Waals surface area contributed by atoms with E-state index in [9.17, 15) is 17.7 Å². The van der Waals surface area contributed by atoms with E-state index in [-0.39, 0.29) is 11.3 Å². The standard InChI is InChI=1S/C11H15FN2O3S/c1-3-8(2)18(16,17)14-10-6-4-5-9(7-10)11(15)13-12/h4-8,14H,3H2,1-2H3,(H,13,15). The van der Waals surface area contributed by atoms with Crippen LogP contribution >= 0.6 is 0 Å². The van der Waals surface area contributed by atoms with Crippen LogP contribution in [0.4, 0.5) is 10.2 Å². The van der Waals surface area contributed by atoms with Gasteiger partial charge in [-0.05, 0) is 31.5 Å². The van der Waals surface area contributed by atoms with E-state index in [0.29, 0.717) is 6.42 Å². The van der Waals surface area contributed by atoms with E-state index in [1.165, 1.54) is 24.3 Å². The van der Waals surface area contributed by atoms with Crippen molar-refractivity contribution < 1.29 is 17.7 Å². The summed E-state index contributed by atoms with van der Waals surface area (Å²) >= 11 is 0. The van der Waals surface area contributed by atoms with E-state index < -0.39 is 21.2 Å². The molecule has 0 aliphatic carbocycles. The second-order valence-electron chi connectivity index (χ2n) is 3.87. The highest BCUT2D eigenvalue weighted by atomic mass is 32.2. The van der Waals surface area contributed by atoms with Crippen molar-refractivity contribution in [3.05, 3.63) is 29.8 Å². The molecule has 0 saturated carbocycles. The lowest BCUT2D eigenvalue weighted by Gasteiger charge is -2.13. The zero-order valence-corrected chi connectivity index (χ0v) is 10.9. The first-order valence-electron chi connectivity index (χ1n) is 5.43. The average molecular weight is 274 g/mol. The number of rotatable bonds is 5. The highest BCUT2D eigenvalue weighted by Gasteiger charge is 2.19. The summed E-state index contributed by atoms with van der Waals surface area (Å²) in [6.07, 6.45) is 0.472. The second kappa shape index (κ2) is 5.81. The van der Waals surface area contributed by atoms with Gasteiger partial charge in [-0.3, -0.25) is 9.52 Å². The van der Waals surface area contributed by atoms with Gasteiger partial charge in [0.25, 0.3) is 5.91 Å². The third kappa shape index (κ3) is 3.43. The second-order valence-corrected chi connectivity index (χ2v) is 5.97. The van der Waals surface area contributed by atoms with Crippen molar-refractivity contribution in [2.24, 2.45) is 0 Å². The topological polar surface area (TPSA) is 75.3 Å². The molecule has 0 aliphatic heterocycles. The van der Waals surface area contributed by atoms with Crippen LogP contribution in [-0.4, -0.2) is 19.6 Å². The van der Waals surface area contributed by atoms with Crippen molar-refractivity contribution in [1.29, 1.82) is 0 Å². The van der Waals surface area contributed by atoms with Crippen molar-refractivity contribution in [2.45, 2.75) is 25.5 Å². The summed E-state index contributed by atoms with van der Waals surface area (Å²) in [6, 6.07) is 5.62. The van der Waals surface area contributed by atoms with Gasteiger partial charge in [0.05, 0.1) is 5.25 Å². The van der Waals surface area contributed by atoms with Crippen LogP contribution in [0.3, 0.4) is 0 Å². The first-order valence-corrected chi connectivity index (χ1v) is 6.98. The SMILES string of the molecule is CCC(C)S(=O)(=O)Nc1cccc(C(=O)NF)c1. The quantitative estimate of drug-likeness (QED) is 0.804. The summed E-state index contributed by atoms with van der Waals surface area (Å²) in [5, 5.41) is -0.545. The van der Waals surface area contributed by atoms with Gasteiger partial charge in [-0.2, -0.15) is 5.54 Å². The van der Waals surface area contributed by atoms with Crippen LogP contribution in [0.15, 0.2) is 24.3 Å². The lowest BCUT2D eigenvalue weighted by atomic mass is 10.2. The van der Waals surface area contributed by atoms with Crippen molar-refractivity contribution in [2.75, 3.05) is 4.72 Å². The molecule has 7 heteroatoms. The minimum atomic E-state index is -3.49. The van der Waals surface area contributed by atoms with Gasteiger partial charge in [0.1, 0.15) is 0 Å². The summed E-state index contributed by atoms with van der Waals surface area (Å²) in [4.78, 5) is 11.1. The lowest BCUT2D eigenvalue weighted by Crippen LogP contribution is -2.24. The van der Waals surface area contributed by atoms with E-state index in [4.69, 9.17) is 0 Å². The number of hydrogen-bond donors (Lipinski definition) is 2. The molecule has 2 N–H and O–H groups in total. The molecule has 5 nitrogen and oxygen atoms in total. The van der Waals surface area contributed by atoms with Crippen molar-refractivity contribution >= 4 is 21.6 Å². The normalized spacial score (nSPS) is 12.8. The van der Waals surface area contributed by atoms with Crippen LogP contribution in [0.25, 0.3) is 0 Å². The Balaban J connectivity index is 2.96. The highest BCUT2D eigenvalue weighted by Crippen LogP contribution is 2.15. The van der Waals surface area contributed by atoms with E-state index in [2.05, 4.69) is 4.72 Å². The Kier molecular flexibility index (Phi) is 4.66. The van der Waals surface area contributed by atoms with Gasteiger partial charge in [0.15, 0.2) is 0 Å². The number of nitrogens with one attached hydrogen (secondary N) is 2. The number of amides is 1. The Morgan fingerprint density at radius 2 is 2.11 bits per heavy atom. The summed E-state index contributed by atoms with van der Waals surface area (Å²) in [7, 11) is -3.49. The van der Waals surface area contributed by atoms with Crippen LogP contribution in [0.2, 0.25) is 0 Å². The Morgan fingerprint density at radius 3 is 2.67 bits per heavy atom. The Labute approximate surface area is 105 Å². The van der Waals surface area contributed by atoms with Gasteiger partial charge < -0.3 is 0 Å². The maximum atomic E-state index is 12.0. The van der Waals surface area contributed by atoms with E-state index in [0.717, 1.165) is 5.54 Å². The van der Waals surface area contributed by atoms with Crippen molar-refractivity contribution in [3.8, 4) is 0 Å². The molecule has 1 unspecified atom stereocenters. The fourth-order valence-corrected chi connectivity index (χ4v) is 2.36. The van der Waals surface area contributed by atoms with E-state index >= 15 is 0 Å². The Morgan fingerprint density at radius 1 is 1.44 bits per heavy atom. The molecule has 0 saturated heterocycles. The molecule has 0 fully saturated rings. The molecule has 1 aromatic rings. The molecule has 0 aromatic heterocycles. The summed E-state index contributed by atoms with van der Waals surface area (Å²) in [6.45, 7) is 3.34. The summed E-state index contributed by atoms with van der Waals surface area (Å²) in [5.74, 6) is -0.917. The number of carbonyl (C=O) groups is 1. The van der Waals surface area contributed by atoms with Gasteiger partial charge in [-0.25, -0.2) is 8.42 Å². The van der Waals surface area contributed by atoms with Gasteiger partial charge in [0.2, 0.25) is 10.0 Å². The monoisotopic (exact) mass is 274 g/mol. The number of anilines is 1. The number of benzene rings is 1. The predicted molar refractivity (Wildman–Crippen MR) is 67.3 cm³/mol. The first kappa shape index (κ1) is 14.4. The largest absolute Gasteiger partial charge is 0.283 e. The number of hydrogen-bond acceptors (Lipinski definition) is 3. The molecule has 1 amide bonds. The molecule has 0 radical (unpaired) electrons. The molecule has 0 heterocycles. The summed E-state index contributed by atoms with van der Waals surface area (Å²) in [5.41, 5.74) is 1.27. The first-order chi connectivity index (χ1) is 8.40. The number of carbonyl (C=O) groups excluding carboxylic acids is 1. The molecule has 1 rings (SSSR count).